The van der Waals surface area contributed by atoms with Crippen molar-refractivity contribution in [3.05, 3.63) is 56.1 Å². The molecule has 30 heavy (non-hydrogen) atoms. The van der Waals surface area contributed by atoms with Crippen molar-refractivity contribution in [3.63, 3.8) is 0 Å². The Morgan fingerprint density at radius 1 is 1.30 bits per heavy atom. The van der Waals surface area contributed by atoms with Crippen LogP contribution < -0.4 is 14.9 Å². The number of halogens is 2. The van der Waals surface area contributed by atoms with Crippen LogP contribution in [0.5, 0.6) is 0 Å². The molecule has 0 bridgehead atoms. The third kappa shape index (κ3) is 5.07. The zero-order valence-corrected chi connectivity index (χ0v) is 19.5. The number of hydrogen-bond acceptors (Lipinski definition) is 5. The van der Waals surface area contributed by atoms with Crippen LogP contribution in [0.1, 0.15) is 35.4 Å². The van der Waals surface area contributed by atoms with Gasteiger partial charge in [-0.1, -0.05) is 17.7 Å². The van der Waals surface area contributed by atoms with E-state index >= 15 is 0 Å². The van der Waals surface area contributed by atoms with Crippen molar-refractivity contribution in [2.45, 2.75) is 31.8 Å². The molecule has 0 aliphatic carbocycles. The summed E-state index contributed by atoms with van der Waals surface area (Å²) in [5, 5.41) is 4.51. The van der Waals surface area contributed by atoms with Crippen molar-refractivity contribution >= 4 is 63.0 Å². The molecule has 2 atom stereocenters. The Morgan fingerprint density at radius 2 is 2.10 bits per heavy atom. The van der Waals surface area contributed by atoms with Crippen molar-refractivity contribution in [1.82, 2.24) is 10.0 Å². The molecule has 1 saturated heterocycles. The van der Waals surface area contributed by atoms with E-state index < -0.39 is 16.1 Å². The number of benzene rings is 1. The van der Waals surface area contributed by atoms with E-state index in [1.54, 1.807) is 17.0 Å². The number of sulfonamides is 1. The Kier molecular flexibility index (Phi) is 7.27. The van der Waals surface area contributed by atoms with Crippen LogP contribution in [0, 0.1) is 0 Å². The van der Waals surface area contributed by atoms with Gasteiger partial charge in [-0.2, -0.15) is 4.72 Å². The van der Waals surface area contributed by atoms with Gasteiger partial charge in [-0.15, -0.1) is 23.7 Å². The highest BCUT2D eigenvalue weighted by atomic mass is 35.5. The van der Waals surface area contributed by atoms with Crippen LogP contribution in [-0.4, -0.2) is 33.5 Å². The van der Waals surface area contributed by atoms with Crippen LogP contribution >= 0.6 is 35.3 Å². The predicted octanol–water partition coefficient (Wildman–Crippen LogP) is 3.73. The monoisotopic (exact) mass is 487 g/mol. The minimum Gasteiger partial charge on any atom is -0.311 e. The number of carbonyl (C=O) groups is 1. The first kappa shape index (κ1) is 23.2. The smallest absolute Gasteiger partial charge is 0.245 e. The highest BCUT2D eigenvalue weighted by molar-refractivity contribution is 7.92. The first-order valence-electron chi connectivity index (χ1n) is 9.46. The van der Waals surface area contributed by atoms with Crippen LogP contribution in [0.15, 0.2) is 35.7 Å². The quantitative estimate of drug-likeness (QED) is 0.673. The lowest BCUT2D eigenvalue weighted by atomic mass is 9.94. The van der Waals surface area contributed by atoms with E-state index in [0.29, 0.717) is 23.3 Å². The lowest BCUT2D eigenvalue weighted by molar-refractivity contribution is -0.118. The van der Waals surface area contributed by atoms with E-state index in [0.717, 1.165) is 28.9 Å². The fourth-order valence-corrected chi connectivity index (χ4v) is 5.86. The highest BCUT2D eigenvalue weighted by Gasteiger charge is 2.35. The molecule has 4 rings (SSSR count). The van der Waals surface area contributed by atoms with E-state index in [4.69, 9.17) is 11.6 Å². The van der Waals surface area contributed by atoms with Gasteiger partial charge in [0.15, 0.2) is 0 Å². The zero-order chi connectivity index (χ0) is 20.6. The molecule has 10 heteroatoms. The van der Waals surface area contributed by atoms with E-state index in [1.165, 1.54) is 28.5 Å². The Morgan fingerprint density at radius 3 is 2.83 bits per heavy atom. The lowest BCUT2D eigenvalue weighted by Crippen LogP contribution is -2.40. The van der Waals surface area contributed by atoms with Crippen LogP contribution in [-0.2, 0) is 21.2 Å². The molecular weight excluding hydrogens is 465 g/mol. The molecule has 1 amide bonds. The molecule has 3 heterocycles. The Labute approximate surface area is 191 Å². The number of thiophene rings is 1. The number of anilines is 1. The van der Waals surface area contributed by atoms with E-state index in [-0.39, 0.29) is 18.3 Å². The number of carbonyl (C=O) groups excluding carboxylic acids is 1. The van der Waals surface area contributed by atoms with Gasteiger partial charge < -0.3 is 10.2 Å². The molecule has 2 aliphatic rings. The van der Waals surface area contributed by atoms with Gasteiger partial charge in [-0.3, -0.25) is 4.79 Å². The molecule has 6 nitrogen and oxygen atoms in total. The molecule has 0 saturated carbocycles. The molecule has 0 spiro atoms. The van der Waals surface area contributed by atoms with Gasteiger partial charge in [-0.25, -0.2) is 8.42 Å². The second kappa shape index (κ2) is 9.38. The molecule has 1 fully saturated rings. The third-order valence-corrected chi connectivity index (χ3v) is 7.57. The summed E-state index contributed by atoms with van der Waals surface area (Å²) in [4.78, 5) is 15.2. The summed E-state index contributed by atoms with van der Waals surface area (Å²) in [6.45, 7) is 3.53. The van der Waals surface area contributed by atoms with Gasteiger partial charge in [0.25, 0.3) is 0 Å². The van der Waals surface area contributed by atoms with Gasteiger partial charge in [-0.05, 0) is 67.8 Å². The van der Waals surface area contributed by atoms with Crippen molar-refractivity contribution in [3.8, 4) is 0 Å². The lowest BCUT2D eigenvalue weighted by Gasteiger charge is -2.26. The summed E-state index contributed by atoms with van der Waals surface area (Å²) >= 11 is 7.15. The van der Waals surface area contributed by atoms with Crippen molar-refractivity contribution in [2.24, 2.45) is 0 Å². The molecule has 1 unspecified atom stereocenters. The minimum atomic E-state index is -3.74. The van der Waals surface area contributed by atoms with Gasteiger partial charge in [0.05, 0.1) is 4.34 Å². The average Bonchev–Trinajstić information content (AvgIpc) is 3.26. The molecule has 2 aliphatic heterocycles. The number of hydrogen-bond donors (Lipinski definition) is 2. The maximum absolute atomic E-state index is 12.8. The number of rotatable bonds is 5. The van der Waals surface area contributed by atoms with Crippen LogP contribution in [0.4, 0.5) is 5.69 Å². The standard InChI is InChI=1S/C20H22ClN3O3S2.ClH/c1-13-17-4-2-15(12-14(17)6-9-22-13)24-10-7-18(20(24)25)23-29(26,27)11-8-16-3-5-19(21)28-16;/h2-5,8,11-13,18,22-23H,6-7,9-10H2,1H3;1H/t13?,18-;/m0./s1. The fourth-order valence-electron chi connectivity index (χ4n) is 3.79. The Balaban J connectivity index is 0.00000256. The SMILES string of the molecule is CC1NCCc2cc(N3CC[C@H](NS(=O)(=O)C=Cc4ccc(Cl)s4)C3=O)ccc21.Cl. The number of amides is 1. The van der Waals surface area contributed by atoms with Crippen LogP contribution in [0.3, 0.4) is 0 Å². The number of nitrogens with one attached hydrogen (secondary N) is 2. The first-order valence-corrected chi connectivity index (χ1v) is 12.2. The van der Waals surface area contributed by atoms with Crippen molar-refractivity contribution < 1.29 is 13.2 Å². The van der Waals surface area contributed by atoms with Gasteiger partial charge >= 0.3 is 0 Å². The normalized spacial score (nSPS) is 21.7. The van der Waals surface area contributed by atoms with Crippen LogP contribution in [0.2, 0.25) is 4.34 Å². The van der Waals surface area contributed by atoms with E-state index in [1.807, 2.05) is 6.07 Å². The molecular formula is C20H23Cl2N3O3S2. The van der Waals surface area contributed by atoms with Gasteiger partial charge in [0.1, 0.15) is 6.04 Å². The average molecular weight is 488 g/mol. The second-order valence-corrected chi connectivity index (χ2v) is 10.6. The highest BCUT2D eigenvalue weighted by Crippen LogP contribution is 2.29. The second-order valence-electron chi connectivity index (χ2n) is 7.25. The summed E-state index contributed by atoms with van der Waals surface area (Å²) in [5.41, 5.74) is 3.32. The van der Waals surface area contributed by atoms with E-state index in [9.17, 15) is 13.2 Å². The fraction of sp³-hybridized carbons (Fsp3) is 0.350. The molecule has 1 aromatic heterocycles. The topological polar surface area (TPSA) is 78.5 Å². The molecule has 162 valence electrons. The van der Waals surface area contributed by atoms with Crippen molar-refractivity contribution in [1.29, 1.82) is 0 Å². The van der Waals surface area contributed by atoms with E-state index in [2.05, 4.69) is 29.1 Å². The maximum Gasteiger partial charge on any atom is 0.245 e. The summed E-state index contributed by atoms with van der Waals surface area (Å²) in [5.74, 6) is -0.219. The zero-order valence-electron chi connectivity index (χ0n) is 16.3. The third-order valence-electron chi connectivity index (χ3n) is 5.27. The minimum absolute atomic E-state index is 0. The van der Waals surface area contributed by atoms with Gasteiger partial charge in [0, 0.05) is 28.6 Å². The predicted molar refractivity (Wildman–Crippen MR) is 125 cm³/mol. The van der Waals surface area contributed by atoms with Crippen LogP contribution in [0.25, 0.3) is 6.08 Å². The first-order chi connectivity index (χ1) is 13.8. The summed E-state index contributed by atoms with van der Waals surface area (Å²) in [6.07, 6.45) is 2.84. The largest absolute Gasteiger partial charge is 0.311 e. The maximum atomic E-state index is 12.8. The molecule has 2 aromatic rings. The summed E-state index contributed by atoms with van der Waals surface area (Å²) in [6, 6.07) is 9.05. The number of nitrogens with zero attached hydrogens (tertiary/aromatic N) is 1. The summed E-state index contributed by atoms with van der Waals surface area (Å²) in [7, 11) is -3.74. The van der Waals surface area contributed by atoms with Gasteiger partial charge in [0.2, 0.25) is 15.9 Å². The van der Waals surface area contributed by atoms with Crippen molar-refractivity contribution in [2.75, 3.05) is 18.0 Å². The molecule has 2 N–H and O–H groups in total. The number of fused-ring (bicyclic) bond motifs is 1. The molecule has 0 radical (unpaired) electrons. The Bertz CT molecular complexity index is 1070. The molecule has 1 aromatic carbocycles. The Hall–Kier alpha value is -1.42. The summed E-state index contributed by atoms with van der Waals surface area (Å²) < 4.78 is 27.9.